The summed E-state index contributed by atoms with van der Waals surface area (Å²) in [5.74, 6) is 2.56. The third kappa shape index (κ3) is 5.35. The number of aromatic hydroxyl groups is 1. The number of carbonyl (C=O) groups is 1. The van der Waals surface area contributed by atoms with Crippen LogP contribution in [0.25, 0.3) is 0 Å². The average Bonchev–Trinajstić information content (AvgIpc) is 3.14. The average molecular weight is 440 g/mol. The summed E-state index contributed by atoms with van der Waals surface area (Å²) in [5.41, 5.74) is 2.53. The van der Waals surface area contributed by atoms with Crippen molar-refractivity contribution in [3.8, 4) is 5.75 Å². The van der Waals surface area contributed by atoms with Crippen LogP contribution in [0.1, 0.15) is 75.3 Å². The van der Waals surface area contributed by atoms with Gasteiger partial charge < -0.3 is 15.2 Å². The zero-order valence-electron chi connectivity index (χ0n) is 19.8. The Bertz CT molecular complexity index is 781. The molecule has 4 rings (SSSR count). The van der Waals surface area contributed by atoms with E-state index >= 15 is 0 Å². The Morgan fingerprint density at radius 1 is 1.16 bits per heavy atom. The molecule has 3 aliphatic rings. The zero-order valence-corrected chi connectivity index (χ0v) is 19.8. The highest BCUT2D eigenvalue weighted by atomic mass is 16.5. The fourth-order valence-electron chi connectivity index (χ4n) is 6.27. The lowest BCUT2D eigenvalue weighted by molar-refractivity contribution is -0.126. The number of hydrogen-bond donors (Lipinski definition) is 2. The molecule has 2 N–H and O–H groups in total. The van der Waals surface area contributed by atoms with E-state index in [0.717, 1.165) is 45.1 Å². The summed E-state index contributed by atoms with van der Waals surface area (Å²) in [6, 6.07) is 5.93. The fourth-order valence-corrected chi connectivity index (χ4v) is 6.27. The number of carbonyl (C=O) groups excluding carboxylic acids is 1. The lowest BCUT2D eigenvalue weighted by atomic mass is 9.58. The number of benzene rings is 1. The lowest BCUT2D eigenvalue weighted by Crippen LogP contribution is -2.59. The molecule has 1 aromatic carbocycles. The Morgan fingerprint density at radius 2 is 1.94 bits per heavy atom. The van der Waals surface area contributed by atoms with Gasteiger partial charge in [0.15, 0.2) is 5.78 Å². The highest BCUT2D eigenvalue weighted by molar-refractivity contribution is 5.91. The number of ether oxygens (including phenoxy) is 1. The van der Waals surface area contributed by atoms with Crippen LogP contribution in [0.3, 0.4) is 0 Å². The van der Waals surface area contributed by atoms with Crippen molar-refractivity contribution in [1.29, 1.82) is 0 Å². The zero-order chi connectivity index (χ0) is 23.0. The molecule has 0 heterocycles. The monoisotopic (exact) mass is 439 g/mol. The lowest BCUT2D eigenvalue weighted by Gasteiger charge is -2.50. The molecule has 0 aliphatic heterocycles. The van der Waals surface area contributed by atoms with Crippen LogP contribution in [-0.2, 0) is 16.0 Å². The Morgan fingerprint density at radius 3 is 2.66 bits per heavy atom. The highest BCUT2D eigenvalue weighted by Crippen LogP contribution is 2.56. The van der Waals surface area contributed by atoms with Crippen LogP contribution < -0.4 is 5.32 Å². The minimum absolute atomic E-state index is 0.233. The number of hydrogen-bond acceptors (Lipinski definition) is 4. The third-order valence-corrected chi connectivity index (χ3v) is 7.66. The molecule has 0 aromatic heterocycles. The summed E-state index contributed by atoms with van der Waals surface area (Å²) in [7, 11) is 0. The van der Waals surface area contributed by atoms with Gasteiger partial charge in [0.05, 0.1) is 18.8 Å². The van der Waals surface area contributed by atoms with Crippen LogP contribution in [0.2, 0.25) is 0 Å². The first kappa shape index (κ1) is 24.7. The number of ketones is 1. The largest absolute Gasteiger partial charge is 0.508 e. The van der Waals surface area contributed by atoms with Gasteiger partial charge in [-0.05, 0) is 86.1 Å². The summed E-state index contributed by atoms with van der Waals surface area (Å²) < 4.78 is 4.90. The molecule has 176 valence electrons. The second-order valence-electron chi connectivity index (χ2n) is 9.52. The van der Waals surface area contributed by atoms with Gasteiger partial charge in [-0.2, -0.15) is 0 Å². The van der Waals surface area contributed by atoms with Gasteiger partial charge in [0, 0.05) is 6.42 Å². The molecule has 3 aliphatic carbocycles. The predicted octanol–water partition coefficient (Wildman–Crippen LogP) is 5.70. The minimum Gasteiger partial charge on any atom is -0.508 e. The molecule has 0 unspecified atom stereocenters. The van der Waals surface area contributed by atoms with Gasteiger partial charge in [0.25, 0.3) is 0 Å². The number of Topliss-reactive ketones (excluding diaryl/α,β-unsaturated/α-hetero) is 1. The first-order chi connectivity index (χ1) is 15.6. The Kier molecular flexibility index (Phi) is 9.12. The van der Waals surface area contributed by atoms with Crippen LogP contribution in [0.5, 0.6) is 5.75 Å². The number of aryl methyl sites for hydroxylation is 1. The molecule has 2 fully saturated rings. The quantitative estimate of drug-likeness (QED) is 0.382. The Hall–Kier alpha value is -1.91. The van der Waals surface area contributed by atoms with E-state index in [1.165, 1.54) is 30.4 Å². The number of nitrogens with one attached hydrogen (secondary N) is 1. The van der Waals surface area contributed by atoms with Crippen LogP contribution in [0, 0.1) is 11.8 Å². The normalized spacial score (nSPS) is 28.0. The van der Waals surface area contributed by atoms with E-state index in [1.54, 1.807) is 12.2 Å². The summed E-state index contributed by atoms with van der Waals surface area (Å²) >= 11 is 0. The first-order valence-electron chi connectivity index (χ1n) is 12.5. The van der Waals surface area contributed by atoms with Crippen molar-refractivity contribution in [2.24, 2.45) is 11.8 Å². The molecule has 0 saturated heterocycles. The van der Waals surface area contributed by atoms with Gasteiger partial charge >= 0.3 is 0 Å². The minimum atomic E-state index is -0.233. The molecular formula is C28H41NO3. The predicted molar refractivity (Wildman–Crippen MR) is 131 cm³/mol. The third-order valence-electron chi connectivity index (χ3n) is 7.66. The standard InChI is InChI=1S/C22H31NO2.C6H10O/c1-2-3-4-13-23-22-12-11-18-17-8-6-16(24)14-15(17)5-7-19(18)20(22)9-10-21(22)25;1-3-5-7-6-4-2/h6,8,14,18-20,23-24H,2-5,7,9-13H2,1H3;3-4H,1-2,5-6H2/t18-,19-,20+,22-;/m1./s1. The molecule has 4 heteroatoms. The second-order valence-corrected chi connectivity index (χ2v) is 9.52. The van der Waals surface area contributed by atoms with E-state index in [2.05, 4.69) is 31.5 Å². The molecule has 1 aromatic rings. The summed E-state index contributed by atoms with van der Waals surface area (Å²) in [6.07, 6.45) is 13.2. The van der Waals surface area contributed by atoms with Crippen molar-refractivity contribution in [2.45, 2.75) is 76.2 Å². The smallest absolute Gasteiger partial charge is 0.153 e. The number of phenols is 1. The Balaban J connectivity index is 0.000000360. The molecule has 4 nitrogen and oxygen atoms in total. The number of fused-ring (bicyclic) bond motifs is 5. The molecule has 0 amide bonds. The maximum Gasteiger partial charge on any atom is 0.153 e. The van der Waals surface area contributed by atoms with E-state index < -0.39 is 0 Å². The number of unbranched alkanes of at least 4 members (excludes halogenated alkanes) is 2. The van der Waals surface area contributed by atoms with Gasteiger partial charge in [-0.25, -0.2) is 0 Å². The molecule has 0 radical (unpaired) electrons. The maximum absolute atomic E-state index is 12.9. The summed E-state index contributed by atoms with van der Waals surface area (Å²) in [5, 5.41) is 13.6. The van der Waals surface area contributed by atoms with Crippen LogP contribution >= 0.6 is 0 Å². The second kappa shape index (κ2) is 11.8. The van der Waals surface area contributed by atoms with Gasteiger partial charge in [0.1, 0.15) is 5.75 Å². The summed E-state index contributed by atoms with van der Waals surface area (Å²) in [4.78, 5) is 12.9. The molecule has 2 saturated carbocycles. The van der Waals surface area contributed by atoms with Crippen LogP contribution in [0.15, 0.2) is 43.5 Å². The molecule has 0 bridgehead atoms. The maximum atomic E-state index is 12.9. The molecule has 0 spiro atoms. The number of rotatable bonds is 9. The highest BCUT2D eigenvalue weighted by Gasteiger charge is 2.56. The SMILES string of the molecule is C=CCOCC=C.CCCCCN[C@]12CC[C@@H]3c4ccc(O)cc4CC[C@H]3[C@@H]1CCC2=O. The molecule has 32 heavy (non-hydrogen) atoms. The van der Waals surface area contributed by atoms with Gasteiger partial charge in [-0.1, -0.05) is 38.0 Å². The fraction of sp³-hybridized carbons (Fsp3) is 0.607. The van der Waals surface area contributed by atoms with E-state index in [1.807, 2.05) is 12.1 Å². The van der Waals surface area contributed by atoms with E-state index in [4.69, 9.17) is 4.74 Å². The molecule has 4 atom stereocenters. The number of phenolic OH excluding ortho intramolecular Hbond substituents is 1. The first-order valence-corrected chi connectivity index (χ1v) is 12.5. The van der Waals surface area contributed by atoms with Crippen molar-refractivity contribution in [2.75, 3.05) is 19.8 Å². The Labute approximate surface area is 194 Å². The van der Waals surface area contributed by atoms with Crippen molar-refractivity contribution >= 4 is 5.78 Å². The van der Waals surface area contributed by atoms with E-state index in [-0.39, 0.29) is 5.54 Å². The van der Waals surface area contributed by atoms with Gasteiger partial charge in [-0.3, -0.25) is 4.79 Å². The topological polar surface area (TPSA) is 58.6 Å². The van der Waals surface area contributed by atoms with E-state index in [9.17, 15) is 9.90 Å². The van der Waals surface area contributed by atoms with Crippen molar-refractivity contribution in [3.05, 3.63) is 54.6 Å². The molecular weight excluding hydrogens is 398 g/mol. The van der Waals surface area contributed by atoms with Crippen molar-refractivity contribution < 1.29 is 14.6 Å². The van der Waals surface area contributed by atoms with Crippen LogP contribution in [0.4, 0.5) is 0 Å². The summed E-state index contributed by atoms with van der Waals surface area (Å²) in [6.45, 7) is 11.4. The van der Waals surface area contributed by atoms with E-state index in [0.29, 0.717) is 42.5 Å². The van der Waals surface area contributed by atoms with Crippen molar-refractivity contribution in [3.63, 3.8) is 0 Å². The van der Waals surface area contributed by atoms with Crippen molar-refractivity contribution in [1.82, 2.24) is 5.32 Å². The van der Waals surface area contributed by atoms with Gasteiger partial charge in [-0.15, -0.1) is 13.2 Å². The van der Waals surface area contributed by atoms with Gasteiger partial charge in [0.2, 0.25) is 0 Å². The van der Waals surface area contributed by atoms with Crippen LogP contribution in [-0.4, -0.2) is 36.2 Å².